The molecule has 0 fully saturated rings. The van der Waals surface area contributed by atoms with Crippen LogP contribution < -0.4 is 10.5 Å². The zero-order valence-electron chi connectivity index (χ0n) is 10.7. The molecule has 0 spiro atoms. The molecule has 0 saturated heterocycles. The maximum Gasteiger partial charge on any atom is 0.421 e. The zero-order valence-corrected chi connectivity index (χ0v) is 10.7. The van der Waals surface area contributed by atoms with E-state index in [2.05, 4.69) is 14.8 Å². The van der Waals surface area contributed by atoms with Crippen molar-refractivity contribution in [2.75, 3.05) is 7.11 Å². The van der Waals surface area contributed by atoms with Gasteiger partial charge < -0.3 is 10.5 Å². The van der Waals surface area contributed by atoms with Crippen LogP contribution in [0.25, 0.3) is 0 Å². The van der Waals surface area contributed by atoms with E-state index in [1.165, 1.54) is 10.9 Å². The third-order valence-electron chi connectivity index (χ3n) is 2.67. The molecule has 2 aromatic heterocycles. The lowest BCUT2D eigenvalue weighted by Crippen LogP contribution is -2.11. The number of alkyl halides is 3. The largest absolute Gasteiger partial charge is 0.481 e. The predicted molar refractivity (Wildman–Crippen MR) is 65.0 cm³/mol. The Balaban J connectivity index is 2.29. The summed E-state index contributed by atoms with van der Waals surface area (Å²) in [6.45, 7) is 0.509. The van der Waals surface area contributed by atoms with Crippen LogP contribution >= 0.6 is 0 Å². The number of nitrogens with two attached hydrogens (primary N) is 1. The fourth-order valence-electron chi connectivity index (χ4n) is 1.73. The second-order valence-corrected chi connectivity index (χ2v) is 4.15. The van der Waals surface area contributed by atoms with Crippen molar-refractivity contribution < 1.29 is 17.9 Å². The summed E-state index contributed by atoms with van der Waals surface area (Å²) in [5.74, 6) is -0.440. The Morgan fingerprint density at radius 2 is 2.05 bits per heavy atom. The number of hydrogen-bond acceptors (Lipinski definition) is 4. The molecule has 20 heavy (non-hydrogen) atoms. The van der Waals surface area contributed by atoms with E-state index in [9.17, 15) is 13.2 Å². The van der Waals surface area contributed by atoms with E-state index in [1.807, 2.05) is 0 Å². The summed E-state index contributed by atoms with van der Waals surface area (Å²) in [4.78, 5) is 3.68. The first-order chi connectivity index (χ1) is 9.44. The van der Waals surface area contributed by atoms with E-state index >= 15 is 0 Å². The lowest BCUT2D eigenvalue weighted by atomic mass is 10.2. The van der Waals surface area contributed by atoms with Crippen LogP contribution in [-0.2, 0) is 19.3 Å². The molecule has 2 heterocycles. The van der Waals surface area contributed by atoms with Gasteiger partial charge in [0, 0.05) is 24.5 Å². The number of aromatic nitrogens is 3. The van der Waals surface area contributed by atoms with Crippen LogP contribution in [-0.4, -0.2) is 21.9 Å². The van der Waals surface area contributed by atoms with Gasteiger partial charge in [-0.2, -0.15) is 18.3 Å². The van der Waals surface area contributed by atoms with Crippen molar-refractivity contribution in [3.8, 4) is 5.88 Å². The van der Waals surface area contributed by atoms with Crippen molar-refractivity contribution in [1.29, 1.82) is 0 Å². The van der Waals surface area contributed by atoms with Crippen LogP contribution in [0.15, 0.2) is 24.7 Å². The molecular formula is C12H13F3N4O. The maximum atomic E-state index is 12.9. The standard InChI is InChI=1S/C12H13F3N4O/c1-20-11-10(12(13,14)15)2-8(4-17-11)6-19-7-9(3-16)5-18-19/h2,4-5,7H,3,6,16H2,1H3. The number of rotatable bonds is 4. The summed E-state index contributed by atoms with van der Waals surface area (Å²) in [7, 11) is 1.15. The normalized spacial score (nSPS) is 11.7. The Labute approximate surface area is 113 Å². The van der Waals surface area contributed by atoms with E-state index in [1.54, 1.807) is 12.4 Å². The number of pyridine rings is 1. The van der Waals surface area contributed by atoms with Gasteiger partial charge in [-0.15, -0.1) is 0 Å². The predicted octanol–water partition coefficient (Wildman–Crippen LogP) is 1.81. The van der Waals surface area contributed by atoms with E-state index in [0.29, 0.717) is 12.1 Å². The molecule has 0 radical (unpaired) electrons. The van der Waals surface area contributed by atoms with Crippen molar-refractivity contribution in [1.82, 2.24) is 14.8 Å². The third kappa shape index (κ3) is 3.08. The van der Waals surface area contributed by atoms with Crippen LogP contribution in [0.5, 0.6) is 5.88 Å². The molecule has 8 heteroatoms. The molecule has 2 N–H and O–H groups in total. The topological polar surface area (TPSA) is 66.0 Å². The molecule has 0 amide bonds. The molecule has 0 atom stereocenters. The van der Waals surface area contributed by atoms with Crippen molar-refractivity contribution in [2.24, 2.45) is 5.73 Å². The van der Waals surface area contributed by atoms with Crippen LogP contribution in [0.1, 0.15) is 16.7 Å². The van der Waals surface area contributed by atoms with E-state index in [4.69, 9.17) is 5.73 Å². The number of methoxy groups -OCH3 is 1. The first-order valence-corrected chi connectivity index (χ1v) is 5.75. The summed E-state index contributed by atoms with van der Waals surface area (Å²) in [6, 6.07) is 1.01. The highest BCUT2D eigenvalue weighted by Gasteiger charge is 2.35. The average Bonchev–Trinajstić information content (AvgIpc) is 2.85. The molecule has 0 aromatic carbocycles. The van der Waals surface area contributed by atoms with E-state index < -0.39 is 17.6 Å². The summed E-state index contributed by atoms with van der Waals surface area (Å²) < 4.78 is 44.7. The molecule has 2 rings (SSSR count). The van der Waals surface area contributed by atoms with Gasteiger partial charge in [-0.3, -0.25) is 4.68 Å². The Kier molecular flexibility index (Phi) is 3.93. The minimum atomic E-state index is -4.51. The lowest BCUT2D eigenvalue weighted by molar-refractivity contribution is -0.139. The molecule has 108 valence electrons. The summed E-state index contributed by atoms with van der Waals surface area (Å²) in [5, 5.41) is 4.01. The molecule has 0 bridgehead atoms. The highest BCUT2D eigenvalue weighted by molar-refractivity contribution is 5.32. The smallest absolute Gasteiger partial charge is 0.421 e. The highest BCUT2D eigenvalue weighted by Crippen LogP contribution is 2.35. The van der Waals surface area contributed by atoms with E-state index in [0.717, 1.165) is 18.7 Å². The molecule has 0 saturated carbocycles. The molecule has 0 unspecified atom stereocenters. The molecule has 0 aliphatic carbocycles. The second-order valence-electron chi connectivity index (χ2n) is 4.15. The van der Waals surface area contributed by atoms with Crippen molar-refractivity contribution in [3.05, 3.63) is 41.3 Å². The Morgan fingerprint density at radius 3 is 2.60 bits per heavy atom. The van der Waals surface area contributed by atoms with Gasteiger partial charge in [-0.05, 0) is 11.6 Å². The lowest BCUT2D eigenvalue weighted by Gasteiger charge is -2.12. The zero-order chi connectivity index (χ0) is 14.8. The van der Waals surface area contributed by atoms with E-state index in [-0.39, 0.29) is 6.54 Å². The van der Waals surface area contributed by atoms with Gasteiger partial charge in [0.1, 0.15) is 5.56 Å². The molecule has 0 aliphatic heterocycles. The van der Waals surface area contributed by atoms with Gasteiger partial charge >= 0.3 is 6.18 Å². The number of halogens is 3. The summed E-state index contributed by atoms with van der Waals surface area (Å²) >= 11 is 0. The van der Waals surface area contributed by atoms with Crippen molar-refractivity contribution >= 4 is 0 Å². The Hall–Kier alpha value is -2.09. The molecular weight excluding hydrogens is 273 g/mol. The number of nitrogens with zero attached hydrogens (tertiary/aromatic N) is 3. The fraction of sp³-hybridized carbons (Fsp3) is 0.333. The van der Waals surface area contributed by atoms with Gasteiger partial charge in [0.25, 0.3) is 0 Å². The van der Waals surface area contributed by atoms with Gasteiger partial charge in [-0.1, -0.05) is 0 Å². The average molecular weight is 286 g/mol. The van der Waals surface area contributed by atoms with Crippen LogP contribution in [0.4, 0.5) is 13.2 Å². The third-order valence-corrected chi connectivity index (χ3v) is 2.67. The number of ether oxygens (including phenoxy) is 1. The van der Waals surface area contributed by atoms with Gasteiger partial charge in [0.15, 0.2) is 0 Å². The SMILES string of the molecule is COc1ncc(Cn2cc(CN)cn2)cc1C(F)(F)F. The van der Waals surface area contributed by atoms with Gasteiger partial charge in [-0.25, -0.2) is 4.98 Å². The molecule has 2 aromatic rings. The first kappa shape index (κ1) is 14.3. The summed E-state index contributed by atoms with van der Waals surface area (Å²) in [5.41, 5.74) is 5.73. The number of hydrogen-bond donors (Lipinski definition) is 1. The van der Waals surface area contributed by atoms with Crippen LogP contribution in [0.3, 0.4) is 0 Å². The maximum absolute atomic E-state index is 12.9. The highest BCUT2D eigenvalue weighted by atomic mass is 19.4. The van der Waals surface area contributed by atoms with Gasteiger partial charge in [0.05, 0.1) is 19.9 Å². The second kappa shape index (κ2) is 5.49. The first-order valence-electron chi connectivity index (χ1n) is 5.75. The Bertz CT molecular complexity index is 595. The molecule has 0 aliphatic rings. The summed E-state index contributed by atoms with van der Waals surface area (Å²) in [6.07, 6.45) is 0.0673. The Morgan fingerprint density at radius 1 is 1.30 bits per heavy atom. The molecule has 5 nitrogen and oxygen atoms in total. The van der Waals surface area contributed by atoms with Crippen LogP contribution in [0.2, 0.25) is 0 Å². The monoisotopic (exact) mass is 286 g/mol. The fourth-order valence-corrected chi connectivity index (χ4v) is 1.73. The quantitative estimate of drug-likeness (QED) is 0.931. The minimum Gasteiger partial charge on any atom is -0.481 e. The van der Waals surface area contributed by atoms with Crippen LogP contribution in [0, 0.1) is 0 Å². The van der Waals surface area contributed by atoms with Crippen molar-refractivity contribution in [3.63, 3.8) is 0 Å². The van der Waals surface area contributed by atoms with Crippen molar-refractivity contribution in [2.45, 2.75) is 19.3 Å². The van der Waals surface area contributed by atoms with Gasteiger partial charge in [0.2, 0.25) is 5.88 Å². The minimum absolute atomic E-state index is 0.181.